The van der Waals surface area contributed by atoms with Crippen molar-refractivity contribution in [3.63, 3.8) is 0 Å². The van der Waals surface area contributed by atoms with Gasteiger partial charge in [0.15, 0.2) is 0 Å². The van der Waals surface area contributed by atoms with E-state index in [1.807, 2.05) is 6.92 Å². The van der Waals surface area contributed by atoms with E-state index in [2.05, 4.69) is 0 Å². The SMILES string of the molecule is CCC1(O)CN(C(=O)C2C(C(=O)O)C2(C)C)C1. The summed E-state index contributed by atoms with van der Waals surface area (Å²) in [6.45, 7) is 6.16. The van der Waals surface area contributed by atoms with Crippen LogP contribution in [-0.2, 0) is 9.59 Å². The van der Waals surface area contributed by atoms with Gasteiger partial charge in [0, 0.05) is 0 Å². The first-order valence-electron chi connectivity index (χ1n) is 5.97. The van der Waals surface area contributed by atoms with Crippen LogP contribution in [0.15, 0.2) is 0 Å². The number of rotatable bonds is 3. The molecule has 1 saturated heterocycles. The predicted molar refractivity (Wildman–Crippen MR) is 60.2 cm³/mol. The summed E-state index contributed by atoms with van der Waals surface area (Å²) in [5.41, 5.74) is -1.21. The second kappa shape index (κ2) is 3.45. The maximum atomic E-state index is 12.1. The molecule has 1 heterocycles. The number of nitrogens with zero attached hydrogens (tertiary/aromatic N) is 1. The monoisotopic (exact) mass is 241 g/mol. The Balaban J connectivity index is 1.98. The van der Waals surface area contributed by atoms with E-state index >= 15 is 0 Å². The lowest BCUT2D eigenvalue weighted by Gasteiger charge is -2.46. The highest BCUT2D eigenvalue weighted by Gasteiger charge is 2.67. The van der Waals surface area contributed by atoms with E-state index < -0.39 is 28.8 Å². The van der Waals surface area contributed by atoms with Gasteiger partial charge in [0.2, 0.25) is 5.91 Å². The van der Waals surface area contributed by atoms with Gasteiger partial charge < -0.3 is 15.1 Å². The first-order chi connectivity index (χ1) is 7.73. The molecule has 0 bridgehead atoms. The second-order valence-electron chi connectivity index (χ2n) is 5.89. The van der Waals surface area contributed by atoms with Crippen LogP contribution >= 0.6 is 0 Å². The van der Waals surface area contributed by atoms with Crippen molar-refractivity contribution in [2.75, 3.05) is 13.1 Å². The quantitative estimate of drug-likeness (QED) is 0.746. The van der Waals surface area contributed by atoms with Gasteiger partial charge in [-0.15, -0.1) is 0 Å². The number of likely N-dealkylation sites (tertiary alicyclic amines) is 1. The van der Waals surface area contributed by atoms with Gasteiger partial charge in [0.1, 0.15) is 0 Å². The van der Waals surface area contributed by atoms with Gasteiger partial charge in [0.25, 0.3) is 0 Å². The molecule has 0 radical (unpaired) electrons. The summed E-state index contributed by atoms with van der Waals surface area (Å²) in [4.78, 5) is 24.6. The summed E-state index contributed by atoms with van der Waals surface area (Å²) in [6.07, 6.45) is 0.618. The highest BCUT2D eigenvalue weighted by molar-refractivity contribution is 5.92. The molecule has 2 aliphatic rings. The van der Waals surface area contributed by atoms with Crippen molar-refractivity contribution in [2.24, 2.45) is 17.3 Å². The van der Waals surface area contributed by atoms with Crippen LogP contribution in [0.4, 0.5) is 0 Å². The van der Waals surface area contributed by atoms with Crippen LogP contribution in [0.5, 0.6) is 0 Å². The van der Waals surface area contributed by atoms with E-state index in [4.69, 9.17) is 5.11 Å². The molecule has 2 N–H and O–H groups in total. The molecule has 0 aromatic carbocycles. The van der Waals surface area contributed by atoms with Crippen LogP contribution in [0.1, 0.15) is 27.2 Å². The Morgan fingerprint density at radius 3 is 2.18 bits per heavy atom. The predicted octanol–water partition coefficient (Wildman–Crippen LogP) is 0.326. The highest BCUT2D eigenvalue weighted by Crippen LogP contribution is 2.59. The molecule has 0 aromatic rings. The summed E-state index contributed by atoms with van der Waals surface area (Å²) < 4.78 is 0. The molecule has 2 rings (SSSR count). The van der Waals surface area contributed by atoms with Crippen molar-refractivity contribution >= 4 is 11.9 Å². The molecule has 1 aliphatic carbocycles. The lowest BCUT2D eigenvalue weighted by Crippen LogP contribution is -2.63. The van der Waals surface area contributed by atoms with Crippen LogP contribution in [-0.4, -0.2) is 45.7 Å². The maximum absolute atomic E-state index is 12.1. The summed E-state index contributed by atoms with van der Waals surface area (Å²) in [7, 11) is 0. The zero-order valence-electron chi connectivity index (χ0n) is 10.4. The van der Waals surface area contributed by atoms with Crippen molar-refractivity contribution in [3.05, 3.63) is 0 Å². The molecule has 0 aromatic heterocycles. The van der Waals surface area contributed by atoms with Crippen molar-refractivity contribution in [2.45, 2.75) is 32.8 Å². The van der Waals surface area contributed by atoms with Crippen LogP contribution in [0, 0.1) is 17.3 Å². The third kappa shape index (κ3) is 1.73. The van der Waals surface area contributed by atoms with Crippen molar-refractivity contribution in [1.29, 1.82) is 0 Å². The van der Waals surface area contributed by atoms with Gasteiger partial charge in [-0.2, -0.15) is 0 Å². The zero-order valence-corrected chi connectivity index (χ0v) is 10.4. The molecule has 0 spiro atoms. The summed E-state index contributed by atoms with van der Waals surface area (Å²) in [5.74, 6) is -2.04. The molecular formula is C12H19NO4. The highest BCUT2D eigenvalue weighted by atomic mass is 16.4. The standard InChI is InChI=1S/C12H19NO4/c1-4-12(17)5-13(6-12)9(14)7-8(10(15)16)11(7,2)3/h7-8,17H,4-6H2,1-3H3,(H,15,16). The fraction of sp³-hybridized carbons (Fsp3) is 0.833. The summed E-state index contributed by atoms with van der Waals surface area (Å²) >= 11 is 0. The normalized spacial score (nSPS) is 32.8. The van der Waals surface area contributed by atoms with Crippen LogP contribution in [0.3, 0.4) is 0 Å². The molecule has 1 saturated carbocycles. The number of carbonyl (C=O) groups is 2. The van der Waals surface area contributed by atoms with E-state index in [0.717, 1.165) is 0 Å². The van der Waals surface area contributed by atoms with Gasteiger partial charge in [0.05, 0.1) is 30.5 Å². The van der Waals surface area contributed by atoms with Crippen LogP contribution in [0.2, 0.25) is 0 Å². The molecule has 5 nitrogen and oxygen atoms in total. The molecule has 2 atom stereocenters. The Morgan fingerprint density at radius 2 is 1.82 bits per heavy atom. The summed E-state index contributed by atoms with van der Waals surface area (Å²) in [5, 5.41) is 18.8. The van der Waals surface area contributed by atoms with E-state index in [0.29, 0.717) is 19.5 Å². The minimum Gasteiger partial charge on any atom is -0.481 e. The maximum Gasteiger partial charge on any atom is 0.307 e. The number of carboxylic acids is 1. The largest absolute Gasteiger partial charge is 0.481 e. The molecule has 1 amide bonds. The van der Waals surface area contributed by atoms with Gasteiger partial charge in [-0.3, -0.25) is 9.59 Å². The smallest absolute Gasteiger partial charge is 0.307 e. The number of aliphatic carboxylic acids is 1. The fourth-order valence-corrected chi connectivity index (χ4v) is 2.80. The molecule has 2 unspecified atom stereocenters. The second-order valence-corrected chi connectivity index (χ2v) is 5.89. The molecule has 17 heavy (non-hydrogen) atoms. The first kappa shape index (κ1) is 12.4. The topological polar surface area (TPSA) is 77.8 Å². The van der Waals surface area contributed by atoms with Crippen molar-refractivity contribution in [3.8, 4) is 0 Å². The van der Waals surface area contributed by atoms with Crippen LogP contribution in [0.25, 0.3) is 0 Å². The fourth-order valence-electron chi connectivity index (χ4n) is 2.80. The Labute approximate surface area is 100 Å². The van der Waals surface area contributed by atoms with Crippen LogP contribution < -0.4 is 0 Å². The lowest BCUT2D eigenvalue weighted by atomic mass is 9.90. The average Bonchev–Trinajstić information content (AvgIpc) is 2.76. The van der Waals surface area contributed by atoms with E-state index in [1.165, 1.54) is 0 Å². The molecular weight excluding hydrogens is 222 g/mol. The number of carboxylic acid groups (broad SMARTS) is 1. The third-order valence-corrected chi connectivity index (χ3v) is 4.30. The Morgan fingerprint density at radius 1 is 1.29 bits per heavy atom. The third-order valence-electron chi connectivity index (χ3n) is 4.30. The average molecular weight is 241 g/mol. The summed E-state index contributed by atoms with van der Waals surface area (Å²) in [6, 6.07) is 0. The Bertz CT molecular complexity index is 371. The number of hydrogen-bond acceptors (Lipinski definition) is 3. The number of aliphatic hydroxyl groups is 1. The Hall–Kier alpha value is -1.10. The molecule has 1 aliphatic heterocycles. The van der Waals surface area contributed by atoms with E-state index in [1.54, 1.807) is 18.7 Å². The minimum atomic E-state index is -0.903. The first-order valence-corrected chi connectivity index (χ1v) is 5.97. The minimum absolute atomic E-state index is 0.125. The number of β-amino-alcohol motifs (C(OH)–C–C–N with tert-alkyl or cyclic N) is 1. The van der Waals surface area contributed by atoms with Gasteiger partial charge in [-0.1, -0.05) is 20.8 Å². The number of hydrogen-bond donors (Lipinski definition) is 2. The van der Waals surface area contributed by atoms with Crippen molar-refractivity contribution in [1.82, 2.24) is 4.90 Å². The number of amides is 1. The van der Waals surface area contributed by atoms with Gasteiger partial charge in [-0.25, -0.2) is 0 Å². The van der Waals surface area contributed by atoms with Crippen molar-refractivity contribution < 1.29 is 19.8 Å². The Kier molecular flexibility index (Phi) is 2.51. The van der Waals surface area contributed by atoms with E-state index in [-0.39, 0.29) is 5.91 Å². The molecule has 2 fully saturated rings. The number of carbonyl (C=O) groups excluding carboxylic acids is 1. The lowest BCUT2D eigenvalue weighted by molar-refractivity contribution is -0.159. The molecule has 5 heteroatoms. The van der Waals surface area contributed by atoms with Gasteiger partial charge >= 0.3 is 5.97 Å². The molecule has 96 valence electrons. The van der Waals surface area contributed by atoms with Gasteiger partial charge in [-0.05, 0) is 11.8 Å². The van der Waals surface area contributed by atoms with E-state index in [9.17, 15) is 14.7 Å². The zero-order chi connectivity index (χ0) is 13.0.